The van der Waals surface area contributed by atoms with E-state index in [1.54, 1.807) is 12.3 Å². The number of nitrogens with two attached hydrogens (primary N) is 1. The van der Waals surface area contributed by atoms with Crippen LogP contribution in [0.5, 0.6) is 0 Å². The summed E-state index contributed by atoms with van der Waals surface area (Å²) in [5, 5.41) is 11.6. The maximum atomic E-state index is 12.4. The van der Waals surface area contributed by atoms with Gasteiger partial charge in [0.25, 0.3) is 10.0 Å². The fourth-order valence-corrected chi connectivity index (χ4v) is 4.78. The van der Waals surface area contributed by atoms with Crippen molar-refractivity contribution in [1.82, 2.24) is 4.31 Å². The molecule has 1 aromatic rings. The first-order valence-electron chi connectivity index (χ1n) is 5.88. The molecular formula is C11H18N2O3S2. The molecule has 0 spiro atoms. The lowest BCUT2D eigenvalue weighted by Gasteiger charge is -2.21. The molecule has 0 radical (unpaired) electrons. The normalized spacial score (nSPS) is 27.0. The van der Waals surface area contributed by atoms with Gasteiger partial charge in [-0.2, -0.15) is 4.31 Å². The Bertz CT molecular complexity index is 522. The second-order valence-corrected chi connectivity index (χ2v) is 8.03. The summed E-state index contributed by atoms with van der Waals surface area (Å²) in [4.78, 5) is 0. The number of sulfonamides is 1. The van der Waals surface area contributed by atoms with Crippen molar-refractivity contribution >= 4 is 27.0 Å². The first-order chi connectivity index (χ1) is 8.31. The lowest BCUT2D eigenvalue weighted by molar-refractivity contribution is 0.0465. The first-order valence-corrected chi connectivity index (χ1v) is 8.20. The zero-order chi connectivity index (χ0) is 13.4. The molecule has 18 heavy (non-hydrogen) atoms. The van der Waals surface area contributed by atoms with Crippen molar-refractivity contribution in [3.05, 3.63) is 11.4 Å². The van der Waals surface area contributed by atoms with Crippen molar-refractivity contribution in [3.63, 3.8) is 0 Å². The molecule has 0 saturated carbocycles. The first kappa shape index (κ1) is 13.8. The van der Waals surface area contributed by atoms with E-state index in [1.165, 1.54) is 10.4 Å². The Hall–Kier alpha value is -0.630. The molecule has 1 aliphatic heterocycles. The van der Waals surface area contributed by atoms with Crippen LogP contribution < -0.4 is 5.73 Å². The van der Waals surface area contributed by atoms with Gasteiger partial charge in [-0.05, 0) is 32.3 Å². The highest BCUT2D eigenvalue weighted by atomic mass is 32.2. The van der Waals surface area contributed by atoms with Gasteiger partial charge >= 0.3 is 0 Å². The molecule has 3 N–H and O–H groups in total. The van der Waals surface area contributed by atoms with Crippen molar-refractivity contribution in [1.29, 1.82) is 0 Å². The van der Waals surface area contributed by atoms with Gasteiger partial charge in [-0.15, -0.1) is 11.3 Å². The Morgan fingerprint density at radius 1 is 1.44 bits per heavy atom. The van der Waals surface area contributed by atoms with Gasteiger partial charge in [0, 0.05) is 24.2 Å². The molecule has 2 heterocycles. The highest BCUT2D eigenvalue weighted by Crippen LogP contribution is 2.29. The summed E-state index contributed by atoms with van der Waals surface area (Å²) in [6, 6.07) is 1.49. The van der Waals surface area contributed by atoms with Crippen LogP contribution in [0.25, 0.3) is 0 Å². The highest BCUT2D eigenvalue weighted by molar-refractivity contribution is 7.91. The van der Waals surface area contributed by atoms with Crippen molar-refractivity contribution in [3.8, 4) is 0 Å². The molecule has 1 aromatic heterocycles. The van der Waals surface area contributed by atoms with E-state index in [9.17, 15) is 13.5 Å². The van der Waals surface area contributed by atoms with Gasteiger partial charge in [-0.1, -0.05) is 0 Å². The average Bonchev–Trinajstić information content (AvgIpc) is 2.61. The maximum Gasteiger partial charge on any atom is 0.252 e. The van der Waals surface area contributed by atoms with Gasteiger partial charge < -0.3 is 10.8 Å². The van der Waals surface area contributed by atoms with E-state index in [2.05, 4.69) is 0 Å². The molecule has 2 rings (SSSR count). The van der Waals surface area contributed by atoms with Gasteiger partial charge in [-0.3, -0.25) is 0 Å². The molecule has 7 heteroatoms. The molecule has 0 aromatic carbocycles. The summed E-state index contributed by atoms with van der Waals surface area (Å²) in [6.45, 7) is 2.57. The largest absolute Gasteiger partial charge is 0.398 e. The third-order valence-electron chi connectivity index (χ3n) is 3.21. The topological polar surface area (TPSA) is 83.6 Å². The minimum Gasteiger partial charge on any atom is -0.398 e. The lowest BCUT2D eigenvalue weighted by atomic mass is 9.98. The van der Waals surface area contributed by atoms with Crippen LogP contribution in [0.1, 0.15) is 26.2 Å². The highest BCUT2D eigenvalue weighted by Gasteiger charge is 2.32. The standard InChI is InChI=1S/C11H18N2O3S2/c1-11(14)3-2-5-13(6-4-11)18(15,16)10-7-9(12)8-17-10/h7-8,14H,2-6,12H2,1H3. The van der Waals surface area contributed by atoms with Gasteiger partial charge in [0.2, 0.25) is 0 Å². The van der Waals surface area contributed by atoms with Crippen molar-refractivity contribution in [2.45, 2.75) is 36.0 Å². The van der Waals surface area contributed by atoms with E-state index < -0.39 is 15.6 Å². The lowest BCUT2D eigenvalue weighted by Crippen LogP contribution is -2.33. The number of nitrogen functional groups attached to an aromatic ring is 1. The molecule has 1 saturated heterocycles. The molecule has 1 atom stereocenters. The molecule has 0 bridgehead atoms. The Labute approximate surface area is 111 Å². The zero-order valence-electron chi connectivity index (χ0n) is 10.3. The minimum absolute atomic E-state index is 0.279. The summed E-state index contributed by atoms with van der Waals surface area (Å²) in [5.41, 5.74) is 5.27. The molecule has 1 aliphatic rings. The van der Waals surface area contributed by atoms with Gasteiger partial charge in [0.05, 0.1) is 5.60 Å². The maximum absolute atomic E-state index is 12.4. The van der Waals surface area contributed by atoms with Crippen molar-refractivity contribution < 1.29 is 13.5 Å². The predicted molar refractivity (Wildman–Crippen MR) is 72.0 cm³/mol. The number of anilines is 1. The van der Waals surface area contributed by atoms with Crippen LogP contribution in [0.15, 0.2) is 15.7 Å². The molecule has 5 nitrogen and oxygen atoms in total. The Morgan fingerprint density at radius 3 is 2.78 bits per heavy atom. The third-order valence-corrected chi connectivity index (χ3v) is 6.54. The van der Waals surface area contributed by atoms with E-state index in [-0.39, 0.29) is 4.21 Å². The van der Waals surface area contributed by atoms with Crippen molar-refractivity contribution in [2.75, 3.05) is 18.8 Å². The van der Waals surface area contributed by atoms with E-state index in [0.29, 0.717) is 38.0 Å². The number of hydrogen-bond acceptors (Lipinski definition) is 5. The fourth-order valence-electron chi connectivity index (χ4n) is 2.07. The van der Waals surface area contributed by atoms with E-state index in [0.717, 1.165) is 11.3 Å². The van der Waals surface area contributed by atoms with Crippen molar-refractivity contribution in [2.24, 2.45) is 0 Å². The minimum atomic E-state index is -3.45. The van der Waals surface area contributed by atoms with Crippen LogP contribution in [0.3, 0.4) is 0 Å². The number of rotatable bonds is 2. The van der Waals surface area contributed by atoms with E-state index >= 15 is 0 Å². The van der Waals surface area contributed by atoms with Crippen LogP contribution in [-0.2, 0) is 10.0 Å². The fraction of sp³-hybridized carbons (Fsp3) is 0.636. The molecule has 1 unspecified atom stereocenters. The third kappa shape index (κ3) is 2.85. The predicted octanol–water partition coefficient (Wildman–Crippen LogP) is 1.26. The number of thiophene rings is 1. The van der Waals surface area contributed by atoms with Gasteiger partial charge in [0.1, 0.15) is 4.21 Å². The molecule has 0 aliphatic carbocycles. The molecule has 0 amide bonds. The zero-order valence-corrected chi connectivity index (χ0v) is 11.9. The molecular weight excluding hydrogens is 272 g/mol. The summed E-state index contributed by atoms with van der Waals surface area (Å²) in [7, 11) is -3.45. The number of hydrogen-bond donors (Lipinski definition) is 2. The Morgan fingerprint density at radius 2 is 2.17 bits per heavy atom. The van der Waals surface area contributed by atoms with Gasteiger partial charge in [0.15, 0.2) is 0 Å². The number of nitrogens with zero attached hydrogens (tertiary/aromatic N) is 1. The summed E-state index contributed by atoms with van der Waals surface area (Å²) in [5.74, 6) is 0. The van der Waals surface area contributed by atoms with Crippen LogP contribution in [0.4, 0.5) is 5.69 Å². The van der Waals surface area contributed by atoms with Crippen LogP contribution in [0.2, 0.25) is 0 Å². The smallest absolute Gasteiger partial charge is 0.252 e. The Kier molecular flexibility index (Phi) is 3.68. The summed E-state index contributed by atoms with van der Waals surface area (Å²) < 4.78 is 26.5. The summed E-state index contributed by atoms with van der Waals surface area (Å²) in [6.07, 6.45) is 1.77. The quantitative estimate of drug-likeness (QED) is 0.859. The second-order valence-electron chi connectivity index (χ2n) is 4.95. The summed E-state index contributed by atoms with van der Waals surface area (Å²) >= 11 is 1.14. The molecule has 102 valence electrons. The Balaban J connectivity index is 2.21. The average molecular weight is 290 g/mol. The second kappa shape index (κ2) is 4.80. The monoisotopic (exact) mass is 290 g/mol. The van der Waals surface area contributed by atoms with Crippen LogP contribution >= 0.6 is 11.3 Å². The van der Waals surface area contributed by atoms with Gasteiger partial charge in [-0.25, -0.2) is 8.42 Å². The van der Waals surface area contributed by atoms with Crippen LogP contribution in [0, 0.1) is 0 Å². The SMILES string of the molecule is CC1(O)CCCN(S(=O)(=O)c2cc(N)cs2)CC1. The van der Waals surface area contributed by atoms with E-state index in [4.69, 9.17) is 5.73 Å². The number of aliphatic hydroxyl groups is 1. The van der Waals surface area contributed by atoms with E-state index in [1.807, 2.05) is 0 Å². The van der Waals surface area contributed by atoms with Crippen LogP contribution in [-0.4, -0.2) is 36.5 Å². The molecule has 1 fully saturated rings.